The van der Waals surface area contributed by atoms with E-state index in [1.807, 2.05) is 0 Å². The molecule has 0 bridgehead atoms. The number of hydrogen-bond acceptors (Lipinski definition) is 6. The highest BCUT2D eigenvalue weighted by atomic mass is 32.2. The van der Waals surface area contributed by atoms with Crippen LogP contribution in [0.4, 0.5) is 13.2 Å². The van der Waals surface area contributed by atoms with Gasteiger partial charge in [0.1, 0.15) is 44.8 Å². The van der Waals surface area contributed by atoms with E-state index in [1.165, 1.54) is 6.07 Å². The molecule has 0 radical (unpaired) electrons. The summed E-state index contributed by atoms with van der Waals surface area (Å²) in [6, 6.07) is 3.67. The second kappa shape index (κ2) is 7.96. The first-order chi connectivity index (χ1) is 13.9. The lowest BCUT2D eigenvalue weighted by atomic mass is 9.89. The van der Waals surface area contributed by atoms with E-state index < -0.39 is 45.7 Å². The van der Waals surface area contributed by atoms with Gasteiger partial charge in [0.25, 0.3) is 0 Å². The molecule has 10 heteroatoms. The second-order valence-corrected chi connectivity index (χ2v) is 10.2. The van der Waals surface area contributed by atoms with Crippen LogP contribution in [0.15, 0.2) is 22.6 Å². The number of carbonyl (C=O) groups excluding carboxylic acids is 1. The third-order valence-electron chi connectivity index (χ3n) is 4.95. The van der Waals surface area contributed by atoms with E-state index in [1.54, 1.807) is 27.7 Å². The Balaban J connectivity index is 2.00. The van der Waals surface area contributed by atoms with E-state index in [4.69, 9.17) is 9.47 Å². The van der Waals surface area contributed by atoms with Crippen LogP contribution in [0.5, 0.6) is 11.5 Å². The zero-order valence-corrected chi connectivity index (χ0v) is 18.0. The van der Waals surface area contributed by atoms with Gasteiger partial charge in [-0.1, -0.05) is 4.40 Å². The van der Waals surface area contributed by atoms with Crippen LogP contribution < -0.4 is 9.47 Å². The number of carbonyl (C=O) groups is 1. The highest BCUT2D eigenvalue weighted by molar-refractivity contribution is 7.91. The van der Waals surface area contributed by atoms with Crippen LogP contribution >= 0.6 is 0 Å². The number of hydrogen-bond donors (Lipinski definition) is 0. The molecule has 166 valence electrons. The maximum absolute atomic E-state index is 12.6. The van der Waals surface area contributed by atoms with Gasteiger partial charge in [0.2, 0.25) is 0 Å². The predicted octanol–water partition coefficient (Wildman–Crippen LogP) is 4.33. The first kappa shape index (κ1) is 22.7. The average molecular weight is 447 g/mol. The fraction of sp³-hybridized carbons (Fsp3) is 0.600. The Kier molecular flexibility index (Phi) is 6.03. The molecule has 0 spiro atoms. The van der Waals surface area contributed by atoms with Crippen LogP contribution in [-0.4, -0.2) is 40.1 Å². The summed E-state index contributed by atoms with van der Waals surface area (Å²) >= 11 is -1.59. The molecule has 1 aliphatic carbocycles. The van der Waals surface area contributed by atoms with Gasteiger partial charge in [-0.05, 0) is 52.7 Å². The van der Waals surface area contributed by atoms with E-state index in [0.717, 1.165) is 12.1 Å². The molecule has 30 heavy (non-hydrogen) atoms. The number of ether oxygens (including phenoxy) is 3. The standard InChI is InChI=1S/C20H24F3NO5S/c1-5-27-17(25)19(8-9-19)16-11-14(24-30(26)18(2,3)4)13-7-6-12(10-15(13)28-16)29-20(21,22)23/h6-7,10,16H,5,8-9,11H2,1-4H3/t16-,30?/m1/s1. The minimum absolute atomic E-state index is 0.105. The van der Waals surface area contributed by atoms with Crippen molar-refractivity contribution in [1.29, 1.82) is 0 Å². The topological polar surface area (TPSA) is 80.2 Å². The number of fused-ring (bicyclic) bond motifs is 1. The zero-order chi connectivity index (χ0) is 22.3. The van der Waals surface area contributed by atoms with Crippen molar-refractivity contribution in [2.24, 2.45) is 9.81 Å². The second-order valence-electron chi connectivity index (χ2n) is 8.29. The van der Waals surface area contributed by atoms with Crippen molar-refractivity contribution in [3.8, 4) is 11.5 Å². The molecule has 1 unspecified atom stereocenters. The Morgan fingerprint density at radius 2 is 2.00 bits per heavy atom. The van der Waals surface area contributed by atoms with Crippen LogP contribution in [0.25, 0.3) is 0 Å². The van der Waals surface area contributed by atoms with Crippen LogP contribution in [0.1, 0.15) is 52.5 Å². The van der Waals surface area contributed by atoms with Gasteiger partial charge in [-0.15, -0.1) is 13.2 Å². The normalized spacial score (nSPS) is 22.7. The van der Waals surface area contributed by atoms with Gasteiger partial charge in [0.15, 0.2) is 0 Å². The summed E-state index contributed by atoms with van der Waals surface area (Å²) in [6.07, 6.45) is -4.25. The minimum Gasteiger partial charge on any atom is -0.591 e. The third kappa shape index (κ3) is 4.85. The molecule has 1 heterocycles. The first-order valence-corrected chi connectivity index (χ1v) is 10.7. The van der Waals surface area contributed by atoms with Crippen molar-refractivity contribution in [3.05, 3.63) is 23.8 Å². The maximum Gasteiger partial charge on any atom is 0.573 e. The quantitative estimate of drug-likeness (QED) is 0.496. The molecular formula is C20H24F3NO5S. The molecule has 0 saturated heterocycles. The van der Waals surface area contributed by atoms with Gasteiger partial charge < -0.3 is 18.8 Å². The Labute approximate surface area is 176 Å². The van der Waals surface area contributed by atoms with Crippen molar-refractivity contribution >= 4 is 23.0 Å². The molecule has 1 saturated carbocycles. The van der Waals surface area contributed by atoms with Crippen LogP contribution in [-0.2, 0) is 20.9 Å². The fourth-order valence-corrected chi connectivity index (χ4v) is 3.86. The zero-order valence-electron chi connectivity index (χ0n) is 17.2. The maximum atomic E-state index is 12.6. The molecule has 1 aliphatic heterocycles. The van der Waals surface area contributed by atoms with Crippen LogP contribution in [0.3, 0.4) is 0 Å². The lowest BCUT2D eigenvalue weighted by molar-refractivity contribution is -0.274. The highest BCUT2D eigenvalue weighted by Gasteiger charge is 2.60. The Hall–Kier alpha value is -1.94. The highest BCUT2D eigenvalue weighted by Crippen LogP contribution is 2.54. The lowest BCUT2D eigenvalue weighted by Gasteiger charge is -2.32. The van der Waals surface area contributed by atoms with Crippen molar-refractivity contribution in [1.82, 2.24) is 0 Å². The Morgan fingerprint density at radius 1 is 1.33 bits per heavy atom. The van der Waals surface area contributed by atoms with Crippen molar-refractivity contribution < 1.29 is 36.7 Å². The van der Waals surface area contributed by atoms with E-state index in [2.05, 4.69) is 9.13 Å². The number of alkyl halides is 3. The van der Waals surface area contributed by atoms with Gasteiger partial charge in [0.05, 0.1) is 6.61 Å². The van der Waals surface area contributed by atoms with Crippen molar-refractivity contribution in [3.63, 3.8) is 0 Å². The summed E-state index contributed by atoms with van der Waals surface area (Å²) in [5.41, 5.74) is -0.0276. The number of esters is 1. The molecule has 1 aromatic carbocycles. The molecule has 2 aliphatic rings. The number of nitrogens with zero attached hydrogens (tertiary/aromatic N) is 1. The van der Waals surface area contributed by atoms with Crippen LogP contribution in [0, 0.1) is 5.41 Å². The molecule has 1 fully saturated rings. The van der Waals surface area contributed by atoms with Gasteiger partial charge in [0, 0.05) is 18.1 Å². The van der Waals surface area contributed by atoms with Crippen LogP contribution in [0.2, 0.25) is 0 Å². The molecule has 0 N–H and O–H groups in total. The lowest BCUT2D eigenvalue weighted by Crippen LogP contribution is -2.41. The Bertz CT molecular complexity index is 846. The summed E-state index contributed by atoms with van der Waals surface area (Å²) in [5.74, 6) is -0.746. The molecule has 0 amide bonds. The number of benzene rings is 1. The summed E-state index contributed by atoms with van der Waals surface area (Å²) in [6.45, 7) is 7.22. The van der Waals surface area contributed by atoms with Gasteiger partial charge >= 0.3 is 12.3 Å². The van der Waals surface area contributed by atoms with Gasteiger partial charge in [-0.3, -0.25) is 4.79 Å². The van der Waals surface area contributed by atoms with E-state index >= 15 is 0 Å². The van der Waals surface area contributed by atoms with Crippen molar-refractivity contribution in [2.45, 2.75) is 64.2 Å². The summed E-state index contributed by atoms with van der Waals surface area (Å²) in [5, 5.41) is 0. The molecule has 1 aromatic rings. The SMILES string of the molecule is CCOC(=O)C1([C@H]2CC(=N[S+]([O-])C(C)(C)C)c3ccc(OC(F)(F)F)cc3O2)CC1. The van der Waals surface area contributed by atoms with Gasteiger partial charge in [-0.2, -0.15) is 0 Å². The number of halogens is 3. The molecule has 3 rings (SSSR count). The predicted molar refractivity (Wildman–Crippen MR) is 105 cm³/mol. The summed E-state index contributed by atoms with van der Waals surface area (Å²) in [4.78, 5) is 12.5. The number of rotatable bonds is 5. The summed E-state index contributed by atoms with van der Waals surface area (Å²) in [7, 11) is 0. The van der Waals surface area contributed by atoms with Gasteiger partial charge in [-0.25, -0.2) is 0 Å². The molecule has 0 aromatic heterocycles. The molecular weight excluding hydrogens is 423 g/mol. The summed E-state index contributed by atoms with van der Waals surface area (Å²) < 4.78 is 69.4. The van der Waals surface area contributed by atoms with E-state index in [9.17, 15) is 22.5 Å². The fourth-order valence-electron chi connectivity index (χ4n) is 3.21. The average Bonchev–Trinajstić information content (AvgIpc) is 3.41. The molecule has 6 nitrogen and oxygen atoms in total. The minimum atomic E-state index is -4.85. The Morgan fingerprint density at radius 3 is 2.53 bits per heavy atom. The first-order valence-electron chi connectivity index (χ1n) is 9.59. The monoisotopic (exact) mass is 447 g/mol. The van der Waals surface area contributed by atoms with Crippen molar-refractivity contribution in [2.75, 3.05) is 6.61 Å². The third-order valence-corrected chi connectivity index (χ3v) is 6.38. The van der Waals surface area contributed by atoms with E-state index in [-0.39, 0.29) is 18.8 Å². The molecule has 2 atom stereocenters. The largest absolute Gasteiger partial charge is 0.591 e. The van der Waals surface area contributed by atoms with E-state index in [0.29, 0.717) is 24.1 Å². The smallest absolute Gasteiger partial charge is 0.573 e.